The van der Waals surface area contributed by atoms with Crippen molar-refractivity contribution in [3.05, 3.63) is 69.9 Å². The highest BCUT2D eigenvalue weighted by Crippen LogP contribution is 2.34. The maximum atomic E-state index is 12.7. The van der Waals surface area contributed by atoms with Crippen molar-refractivity contribution in [1.82, 2.24) is 4.98 Å². The van der Waals surface area contributed by atoms with Gasteiger partial charge >= 0.3 is 12.1 Å². The van der Waals surface area contributed by atoms with E-state index in [2.05, 4.69) is 10.3 Å². The Morgan fingerprint density at radius 2 is 1.86 bits per heavy atom. The highest BCUT2D eigenvalue weighted by Gasteiger charge is 2.33. The van der Waals surface area contributed by atoms with Gasteiger partial charge in [-0.2, -0.15) is 13.2 Å². The molecule has 0 fully saturated rings. The Bertz CT molecular complexity index is 1070. The van der Waals surface area contributed by atoms with E-state index >= 15 is 0 Å². The summed E-state index contributed by atoms with van der Waals surface area (Å²) in [7, 11) is 0. The molecule has 2 aromatic carbocycles. The summed E-state index contributed by atoms with van der Waals surface area (Å²) in [5.74, 6) is -1.78. The van der Waals surface area contributed by atoms with Crippen molar-refractivity contribution in [3.63, 3.8) is 0 Å². The van der Waals surface area contributed by atoms with Crippen LogP contribution < -0.4 is 5.32 Å². The zero-order valence-electron chi connectivity index (χ0n) is 14.4. The molecule has 0 aliphatic rings. The molecule has 3 rings (SSSR count). The standard InChI is InChI=1S/C18H12F3N3O5/c19-18(20,21)11-5-6-13(15(8-11)24(27)28)23-16(25)9-29-17(26)14-7-10-3-1-2-4-12(10)22-14/h1-8,22H,9H2,(H,23,25). The molecule has 150 valence electrons. The molecule has 0 aliphatic heterocycles. The molecule has 1 heterocycles. The minimum atomic E-state index is -4.78. The number of H-pyrrole nitrogens is 1. The molecule has 0 aliphatic carbocycles. The Morgan fingerprint density at radius 3 is 2.52 bits per heavy atom. The van der Waals surface area contributed by atoms with Gasteiger partial charge in [-0.25, -0.2) is 4.79 Å². The molecule has 2 N–H and O–H groups in total. The maximum absolute atomic E-state index is 12.7. The van der Waals surface area contributed by atoms with E-state index in [4.69, 9.17) is 4.74 Å². The number of amides is 1. The molecule has 3 aromatic rings. The minimum Gasteiger partial charge on any atom is -0.451 e. The van der Waals surface area contributed by atoms with Crippen molar-refractivity contribution in [3.8, 4) is 0 Å². The zero-order valence-corrected chi connectivity index (χ0v) is 14.4. The number of rotatable bonds is 5. The summed E-state index contributed by atoms with van der Waals surface area (Å²) in [5.41, 5.74) is -1.83. The number of hydrogen-bond donors (Lipinski definition) is 2. The predicted molar refractivity (Wildman–Crippen MR) is 95.3 cm³/mol. The smallest absolute Gasteiger partial charge is 0.416 e. The van der Waals surface area contributed by atoms with E-state index < -0.39 is 46.5 Å². The van der Waals surface area contributed by atoms with Gasteiger partial charge in [-0.05, 0) is 24.3 Å². The lowest BCUT2D eigenvalue weighted by Gasteiger charge is -2.10. The largest absolute Gasteiger partial charge is 0.451 e. The van der Waals surface area contributed by atoms with Crippen LogP contribution in [0.3, 0.4) is 0 Å². The van der Waals surface area contributed by atoms with Crippen LogP contribution in [0.1, 0.15) is 16.1 Å². The number of halogens is 3. The summed E-state index contributed by atoms with van der Waals surface area (Å²) in [6, 6.07) is 10.2. The fourth-order valence-corrected chi connectivity index (χ4v) is 2.54. The van der Waals surface area contributed by atoms with Gasteiger partial charge in [-0.1, -0.05) is 18.2 Å². The molecule has 0 saturated carbocycles. The normalized spacial score (nSPS) is 11.3. The number of nitro groups is 1. The fourth-order valence-electron chi connectivity index (χ4n) is 2.54. The van der Waals surface area contributed by atoms with Crippen molar-refractivity contribution >= 4 is 34.2 Å². The Morgan fingerprint density at radius 1 is 1.14 bits per heavy atom. The number of aromatic amines is 1. The molecule has 0 unspecified atom stereocenters. The Hall–Kier alpha value is -3.89. The van der Waals surface area contributed by atoms with Gasteiger partial charge in [0, 0.05) is 17.0 Å². The quantitative estimate of drug-likeness (QED) is 0.378. The molecule has 29 heavy (non-hydrogen) atoms. The zero-order chi connectivity index (χ0) is 21.2. The number of nitrogens with zero attached hydrogens (tertiary/aromatic N) is 1. The number of esters is 1. The van der Waals surface area contributed by atoms with E-state index in [9.17, 15) is 32.9 Å². The summed E-state index contributed by atoms with van der Waals surface area (Å²) in [6.45, 7) is -0.785. The summed E-state index contributed by atoms with van der Waals surface area (Å²) < 4.78 is 42.9. The third kappa shape index (κ3) is 4.51. The Labute approximate surface area is 160 Å². The van der Waals surface area contributed by atoms with Crippen molar-refractivity contribution in [2.45, 2.75) is 6.18 Å². The van der Waals surface area contributed by atoms with Crippen molar-refractivity contribution in [2.24, 2.45) is 0 Å². The van der Waals surface area contributed by atoms with Gasteiger partial charge in [-0.3, -0.25) is 14.9 Å². The number of carbonyl (C=O) groups excluding carboxylic acids is 2. The molecule has 0 bridgehead atoms. The lowest BCUT2D eigenvalue weighted by atomic mass is 10.1. The second-order valence-electron chi connectivity index (χ2n) is 5.88. The van der Waals surface area contributed by atoms with Crippen LogP contribution in [0.25, 0.3) is 10.9 Å². The second kappa shape index (κ2) is 7.62. The first kappa shape index (κ1) is 19.9. The van der Waals surface area contributed by atoms with Crippen LogP contribution in [-0.2, 0) is 15.7 Å². The second-order valence-corrected chi connectivity index (χ2v) is 5.88. The number of benzene rings is 2. The number of carbonyl (C=O) groups is 2. The maximum Gasteiger partial charge on any atom is 0.416 e. The average Bonchev–Trinajstić information content (AvgIpc) is 3.09. The molecule has 0 atom stereocenters. The first-order chi connectivity index (χ1) is 13.6. The van der Waals surface area contributed by atoms with E-state index in [0.717, 1.165) is 11.5 Å². The van der Waals surface area contributed by atoms with Gasteiger partial charge in [0.25, 0.3) is 11.6 Å². The number of anilines is 1. The van der Waals surface area contributed by atoms with E-state index in [0.29, 0.717) is 17.6 Å². The van der Waals surface area contributed by atoms with Gasteiger partial charge in [0.05, 0.1) is 10.5 Å². The summed E-state index contributed by atoms with van der Waals surface area (Å²) in [5, 5.41) is 13.8. The monoisotopic (exact) mass is 407 g/mol. The number of ether oxygens (including phenoxy) is 1. The number of alkyl halides is 3. The van der Waals surface area contributed by atoms with Gasteiger partial charge in [0.1, 0.15) is 11.4 Å². The van der Waals surface area contributed by atoms with Crippen LogP contribution in [0.2, 0.25) is 0 Å². The molecular formula is C18H12F3N3O5. The topological polar surface area (TPSA) is 114 Å². The number of nitrogens with one attached hydrogen (secondary N) is 2. The first-order valence-electron chi connectivity index (χ1n) is 8.05. The van der Waals surface area contributed by atoms with Crippen LogP contribution in [0, 0.1) is 10.1 Å². The SMILES string of the molecule is O=C(COC(=O)c1cc2ccccc2[nH]1)Nc1ccc(C(F)(F)F)cc1[N+](=O)[O-]. The fraction of sp³-hybridized carbons (Fsp3) is 0.111. The molecular weight excluding hydrogens is 395 g/mol. The molecule has 1 amide bonds. The van der Waals surface area contributed by atoms with E-state index in [1.165, 1.54) is 6.07 Å². The number of hydrogen-bond acceptors (Lipinski definition) is 5. The van der Waals surface area contributed by atoms with Crippen molar-refractivity contribution in [1.29, 1.82) is 0 Å². The van der Waals surface area contributed by atoms with Crippen LogP contribution in [0.15, 0.2) is 48.5 Å². The van der Waals surface area contributed by atoms with Crippen LogP contribution >= 0.6 is 0 Å². The summed E-state index contributed by atoms with van der Waals surface area (Å²) in [4.78, 5) is 36.7. The number of nitro benzene ring substituents is 1. The van der Waals surface area contributed by atoms with Gasteiger partial charge in [0.15, 0.2) is 6.61 Å². The minimum absolute atomic E-state index is 0.0968. The molecule has 0 saturated heterocycles. The third-order valence-electron chi connectivity index (χ3n) is 3.88. The van der Waals surface area contributed by atoms with Crippen LogP contribution in [0.5, 0.6) is 0 Å². The predicted octanol–water partition coefficient (Wildman–Crippen LogP) is 3.89. The van der Waals surface area contributed by atoms with E-state index in [-0.39, 0.29) is 5.69 Å². The van der Waals surface area contributed by atoms with Crippen LogP contribution in [-0.4, -0.2) is 28.4 Å². The lowest BCUT2D eigenvalue weighted by Crippen LogP contribution is -2.21. The summed E-state index contributed by atoms with van der Waals surface area (Å²) in [6.07, 6.45) is -4.78. The van der Waals surface area contributed by atoms with Crippen LogP contribution in [0.4, 0.5) is 24.5 Å². The first-order valence-corrected chi connectivity index (χ1v) is 8.05. The number of fused-ring (bicyclic) bond motifs is 1. The highest BCUT2D eigenvalue weighted by molar-refractivity contribution is 5.98. The third-order valence-corrected chi connectivity index (χ3v) is 3.88. The molecule has 11 heteroatoms. The number of aromatic nitrogens is 1. The van der Waals surface area contributed by atoms with Crippen molar-refractivity contribution in [2.75, 3.05) is 11.9 Å². The molecule has 1 aromatic heterocycles. The molecule has 0 radical (unpaired) electrons. The highest BCUT2D eigenvalue weighted by atomic mass is 19.4. The van der Waals surface area contributed by atoms with Gasteiger partial charge in [0.2, 0.25) is 0 Å². The van der Waals surface area contributed by atoms with Gasteiger partial charge in [-0.15, -0.1) is 0 Å². The van der Waals surface area contributed by atoms with E-state index in [1.807, 2.05) is 0 Å². The molecule has 0 spiro atoms. The molecule has 8 nitrogen and oxygen atoms in total. The Balaban J connectivity index is 1.67. The lowest BCUT2D eigenvalue weighted by molar-refractivity contribution is -0.384. The number of para-hydroxylation sites is 1. The van der Waals surface area contributed by atoms with Crippen molar-refractivity contribution < 1.29 is 32.4 Å². The van der Waals surface area contributed by atoms with E-state index in [1.54, 1.807) is 24.3 Å². The Kier molecular flexibility index (Phi) is 5.22. The average molecular weight is 407 g/mol. The van der Waals surface area contributed by atoms with Gasteiger partial charge < -0.3 is 15.0 Å². The summed E-state index contributed by atoms with van der Waals surface area (Å²) >= 11 is 0.